The summed E-state index contributed by atoms with van der Waals surface area (Å²) in [6, 6.07) is 0. The molecule has 0 aliphatic rings. The Hall–Kier alpha value is -2.89. The maximum Gasteiger partial charge on any atom is 0.306 e. The van der Waals surface area contributed by atoms with Gasteiger partial charge in [0.2, 0.25) is 0 Å². The summed E-state index contributed by atoms with van der Waals surface area (Å²) in [5, 5.41) is 0. The first-order valence-electron chi connectivity index (χ1n) is 23.3. The van der Waals surface area contributed by atoms with E-state index in [1.807, 2.05) is 0 Å². The number of rotatable bonds is 41. The van der Waals surface area contributed by atoms with Crippen molar-refractivity contribution in [2.75, 3.05) is 13.2 Å². The SMILES string of the molecule is CC/C=C\C/C=C\C/C=C\CCCC(=O)OCC(COC(=O)CCCCCCCCC/C=C\C/C=C\CC)OC(=O)CCCCCCCCCCCCCCC. The van der Waals surface area contributed by atoms with E-state index in [0.717, 1.165) is 83.5 Å². The maximum atomic E-state index is 12.7. The lowest BCUT2D eigenvalue weighted by Gasteiger charge is -2.18. The van der Waals surface area contributed by atoms with Crippen LogP contribution in [0.2, 0.25) is 0 Å². The average Bonchev–Trinajstić information content (AvgIpc) is 3.19. The lowest BCUT2D eigenvalue weighted by atomic mass is 10.0. The molecule has 0 aliphatic carbocycles. The van der Waals surface area contributed by atoms with Crippen molar-refractivity contribution in [1.29, 1.82) is 0 Å². The Labute approximate surface area is 345 Å². The van der Waals surface area contributed by atoms with Crippen molar-refractivity contribution in [3.05, 3.63) is 60.8 Å². The first-order valence-corrected chi connectivity index (χ1v) is 23.3. The van der Waals surface area contributed by atoms with Gasteiger partial charge in [0.25, 0.3) is 0 Å². The van der Waals surface area contributed by atoms with Crippen molar-refractivity contribution in [1.82, 2.24) is 0 Å². The highest BCUT2D eigenvalue weighted by Crippen LogP contribution is 2.14. The predicted octanol–water partition coefficient (Wildman–Crippen LogP) is 14.9. The average molecular weight is 783 g/mol. The third-order valence-electron chi connectivity index (χ3n) is 9.77. The molecule has 0 N–H and O–H groups in total. The second kappa shape index (κ2) is 44.8. The second-order valence-corrected chi connectivity index (χ2v) is 15.3. The zero-order valence-corrected chi connectivity index (χ0v) is 36.6. The van der Waals surface area contributed by atoms with Gasteiger partial charge in [0.1, 0.15) is 13.2 Å². The van der Waals surface area contributed by atoms with Gasteiger partial charge in [-0.05, 0) is 70.6 Å². The van der Waals surface area contributed by atoms with E-state index < -0.39 is 6.10 Å². The topological polar surface area (TPSA) is 78.9 Å². The molecule has 1 atom stereocenters. The standard InChI is InChI=1S/C50H86O6/c1-4-7-10-13-16-19-22-24-26-28-31-34-37-40-43-49(52)55-46-47(45-54-48(51)42-39-36-33-30-27-21-18-15-12-9-6-3)56-50(53)44-41-38-35-32-29-25-23-20-17-14-11-8-5-2/h7,9-10,12,16,18-19,21,30,33,47H,4-6,8,11,13-15,17,20,22-29,31-32,34-46H2,1-3H3/b10-7-,12-9-,19-16-,21-18-,33-30-. The highest BCUT2D eigenvalue weighted by molar-refractivity contribution is 5.71. The van der Waals surface area contributed by atoms with Crippen LogP contribution in [-0.4, -0.2) is 37.2 Å². The first-order chi connectivity index (χ1) is 27.5. The second-order valence-electron chi connectivity index (χ2n) is 15.3. The molecular weight excluding hydrogens is 697 g/mol. The maximum absolute atomic E-state index is 12.7. The summed E-state index contributed by atoms with van der Waals surface area (Å²) in [4.78, 5) is 37.7. The van der Waals surface area contributed by atoms with Crippen LogP contribution in [-0.2, 0) is 28.6 Å². The smallest absolute Gasteiger partial charge is 0.306 e. The van der Waals surface area contributed by atoms with Gasteiger partial charge in [-0.1, -0.05) is 191 Å². The normalized spacial score (nSPS) is 12.6. The lowest BCUT2D eigenvalue weighted by Crippen LogP contribution is -2.30. The molecule has 0 amide bonds. The van der Waals surface area contributed by atoms with E-state index in [9.17, 15) is 14.4 Å². The zero-order valence-electron chi connectivity index (χ0n) is 36.6. The molecule has 0 saturated carbocycles. The van der Waals surface area contributed by atoms with E-state index in [2.05, 4.69) is 81.5 Å². The predicted molar refractivity (Wildman–Crippen MR) is 238 cm³/mol. The Balaban J connectivity index is 4.43. The van der Waals surface area contributed by atoms with Gasteiger partial charge in [-0.25, -0.2) is 0 Å². The van der Waals surface area contributed by atoms with Crippen LogP contribution in [0.4, 0.5) is 0 Å². The van der Waals surface area contributed by atoms with Crippen LogP contribution in [0.3, 0.4) is 0 Å². The monoisotopic (exact) mass is 783 g/mol. The lowest BCUT2D eigenvalue weighted by molar-refractivity contribution is -0.167. The van der Waals surface area contributed by atoms with Crippen molar-refractivity contribution in [2.24, 2.45) is 0 Å². The van der Waals surface area contributed by atoms with Crippen LogP contribution in [0, 0.1) is 0 Å². The van der Waals surface area contributed by atoms with Gasteiger partial charge in [0.15, 0.2) is 6.10 Å². The summed E-state index contributed by atoms with van der Waals surface area (Å²) in [5.41, 5.74) is 0. The summed E-state index contributed by atoms with van der Waals surface area (Å²) >= 11 is 0. The van der Waals surface area contributed by atoms with Crippen molar-refractivity contribution >= 4 is 17.9 Å². The Morgan fingerprint density at radius 2 is 0.714 bits per heavy atom. The van der Waals surface area contributed by atoms with Gasteiger partial charge in [-0.2, -0.15) is 0 Å². The third-order valence-corrected chi connectivity index (χ3v) is 9.77. The van der Waals surface area contributed by atoms with Crippen LogP contribution in [0.25, 0.3) is 0 Å². The van der Waals surface area contributed by atoms with Gasteiger partial charge < -0.3 is 14.2 Å². The summed E-state index contributed by atoms with van der Waals surface area (Å²) in [5.74, 6) is -0.958. The molecule has 0 aromatic heterocycles. The molecule has 322 valence electrons. The molecule has 0 bridgehead atoms. The molecule has 0 spiro atoms. The molecule has 0 aromatic carbocycles. The molecule has 0 radical (unpaired) electrons. The Morgan fingerprint density at radius 1 is 0.375 bits per heavy atom. The molecule has 0 aromatic rings. The van der Waals surface area contributed by atoms with Crippen molar-refractivity contribution in [3.63, 3.8) is 0 Å². The summed E-state index contributed by atoms with van der Waals surface area (Å²) in [6.07, 6.45) is 53.5. The summed E-state index contributed by atoms with van der Waals surface area (Å²) in [6.45, 7) is 6.35. The number of carbonyl (C=O) groups excluding carboxylic acids is 3. The van der Waals surface area contributed by atoms with Crippen LogP contribution in [0.5, 0.6) is 0 Å². The number of carbonyl (C=O) groups is 3. The van der Waals surface area contributed by atoms with Crippen LogP contribution in [0.15, 0.2) is 60.8 Å². The van der Waals surface area contributed by atoms with E-state index in [-0.39, 0.29) is 37.5 Å². The number of esters is 3. The highest BCUT2D eigenvalue weighted by atomic mass is 16.6. The van der Waals surface area contributed by atoms with Gasteiger partial charge >= 0.3 is 17.9 Å². The number of allylic oxidation sites excluding steroid dienone is 10. The molecule has 0 saturated heterocycles. The van der Waals surface area contributed by atoms with Gasteiger partial charge in [-0.15, -0.1) is 0 Å². The zero-order chi connectivity index (χ0) is 40.8. The molecule has 1 unspecified atom stereocenters. The van der Waals surface area contributed by atoms with Crippen LogP contribution in [0.1, 0.15) is 220 Å². The van der Waals surface area contributed by atoms with E-state index in [0.29, 0.717) is 19.3 Å². The van der Waals surface area contributed by atoms with E-state index in [4.69, 9.17) is 14.2 Å². The fourth-order valence-corrected chi connectivity index (χ4v) is 6.33. The number of unbranched alkanes of at least 4 members (excludes halogenated alkanes) is 20. The fraction of sp³-hybridized carbons (Fsp3) is 0.740. The van der Waals surface area contributed by atoms with E-state index in [1.54, 1.807) is 0 Å². The summed E-state index contributed by atoms with van der Waals surface area (Å²) in [7, 11) is 0. The van der Waals surface area contributed by atoms with Crippen molar-refractivity contribution < 1.29 is 28.6 Å². The van der Waals surface area contributed by atoms with E-state index in [1.165, 1.54) is 89.9 Å². The van der Waals surface area contributed by atoms with Crippen molar-refractivity contribution in [3.8, 4) is 0 Å². The molecule has 0 rings (SSSR count). The molecule has 56 heavy (non-hydrogen) atoms. The first kappa shape index (κ1) is 53.1. The minimum Gasteiger partial charge on any atom is -0.462 e. The molecule has 6 heteroatoms. The quantitative estimate of drug-likeness (QED) is 0.0266. The Kier molecular flexibility index (Phi) is 42.5. The molecule has 0 fully saturated rings. The third kappa shape index (κ3) is 42.3. The number of hydrogen-bond acceptors (Lipinski definition) is 6. The van der Waals surface area contributed by atoms with E-state index >= 15 is 0 Å². The molecule has 6 nitrogen and oxygen atoms in total. The molecule has 0 aliphatic heterocycles. The summed E-state index contributed by atoms with van der Waals surface area (Å²) < 4.78 is 16.7. The van der Waals surface area contributed by atoms with Crippen molar-refractivity contribution in [2.45, 2.75) is 226 Å². The minimum atomic E-state index is -0.793. The number of hydrogen-bond donors (Lipinski definition) is 0. The van der Waals surface area contributed by atoms with Gasteiger partial charge in [0.05, 0.1) is 0 Å². The Morgan fingerprint density at radius 3 is 1.16 bits per heavy atom. The van der Waals surface area contributed by atoms with Crippen LogP contribution >= 0.6 is 0 Å². The molecule has 0 heterocycles. The minimum absolute atomic E-state index is 0.0930. The number of ether oxygens (including phenoxy) is 3. The fourth-order valence-electron chi connectivity index (χ4n) is 6.33. The van der Waals surface area contributed by atoms with Gasteiger partial charge in [0, 0.05) is 19.3 Å². The Bertz CT molecular complexity index is 1040. The highest BCUT2D eigenvalue weighted by Gasteiger charge is 2.19. The van der Waals surface area contributed by atoms with Crippen LogP contribution < -0.4 is 0 Å². The van der Waals surface area contributed by atoms with Gasteiger partial charge in [-0.3, -0.25) is 14.4 Å². The largest absolute Gasteiger partial charge is 0.462 e. The molecular formula is C50H86O6.